The van der Waals surface area contributed by atoms with E-state index in [9.17, 15) is 4.79 Å². The van der Waals surface area contributed by atoms with Gasteiger partial charge in [0, 0.05) is 18.0 Å². The molecule has 0 atom stereocenters. The molecule has 0 saturated carbocycles. The van der Waals surface area contributed by atoms with Gasteiger partial charge in [-0.25, -0.2) is 0 Å². The molecule has 94 valence electrons. The van der Waals surface area contributed by atoms with E-state index in [1.54, 1.807) is 14.0 Å². The number of aromatic nitrogens is 1. The molecule has 2 aromatic rings. The Kier molecular flexibility index (Phi) is 2.62. The van der Waals surface area contributed by atoms with Crippen LogP contribution in [-0.2, 0) is 12.8 Å². The Morgan fingerprint density at radius 2 is 2.06 bits per heavy atom. The second-order valence-electron chi connectivity index (χ2n) is 4.87. The number of fused-ring (bicyclic) bond motifs is 3. The van der Waals surface area contributed by atoms with E-state index in [0.29, 0.717) is 0 Å². The minimum Gasteiger partial charge on any atom is -0.497 e. The van der Waals surface area contributed by atoms with Crippen molar-refractivity contribution >= 4 is 16.8 Å². The van der Waals surface area contributed by atoms with Gasteiger partial charge in [-0.2, -0.15) is 0 Å². The van der Waals surface area contributed by atoms with Crippen molar-refractivity contribution in [3.63, 3.8) is 0 Å². The monoisotopic (exact) mass is 243 g/mol. The van der Waals surface area contributed by atoms with E-state index in [2.05, 4.69) is 6.07 Å². The summed E-state index contributed by atoms with van der Waals surface area (Å²) in [5.41, 5.74) is 3.57. The van der Waals surface area contributed by atoms with Gasteiger partial charge in [-0.3, -0.25) is 9.36 Å². The van der Waals surface area contributed by atoms with Crippen molar-refractivity contribution in [3.05, 3.63) is 29.5 Å². The maximum absolute atomic E-state index is 11.9. The number of rotatable bonds is 1. The summed E-state index contributed by atoms with van der Waals surface area (Å²) >= 11 is 0. The first-order chi connectivity index (χ1) is 8.72. The van der Waals surface area contributed by atoms with E-state index in [0.717, 1.165) is 24.1 Å². The normalized spacial score (nSPS) is 14.6. The second kappa shape index (κ2) is 4.16. The van der Waals surface area contributed by atoms with Gasteiger partial charge in [0.05, 0.1) is 12.6 Å². The van der Waals surface area contributed by atoms with Crippen LogP contribution in [0.15, 0.2) is 18.2 Å². The lowest BCUT2D eigenvalue weighted by molar-refractivity contribution is 0.0938. The highest BCUT2D eigenvalue weighted by Gasteiger charge is 2.21. The van der Waals surface area contributed by atoms with E-state index in [4.69, 9.17) is 4.74 Å². The third kappa shape index (κ3) is 1.54. The van der Waals surface area contributed by atoms with Crippen molar-refractivity contribution in [2.45, 2.75) is 32.6 Å². The van der Waals surface area contributed by atoms with Crippen LogP contribution in [0.1, 0.15) is 35.8 Å². The molecule has 3 rings (SSSR count). The standard InChI is InChI=1S/C15H17NO2/c1-10(17)16-14-6-4-3-5-12(14)13-9-11(18-2)7-8-15(13)16/h7-9H,3-6H2,1-2H3. The molecular formula is C15H17NO2. The van der Waals surface area contributed by atoms with E-state index in [1.165, 1.54) is 29.5 Å². The van der Waals surface area contributed by atoms with Crippen molar-refractivity contribution in [2.75, 3.05) is 7.11 Å². The Hall–Kier alpha value is -1.77. The molecule has 0 amide bonds. The third-order valence-electron chi connectivity index (χ3n) is 3.79. The molecular weight excluding hydrogens is 226 g/mol. The van der Waals surface area contributed by atoms with Gasteiger partial charge in [-0.1, -0.05) is 0 Å². The summed E-state index contributed by atoms with van der Waals surface area (Å²) in [6, 6.07) is 5.97. The minimum absolute atomic E-state index is 0.105. The summed E-state index contributed by atoms with van der Waals surface area (Å²) in [6.07, 6.45) is 4.46. The molecule has 0 N–H and O–H groups in total. The molecule has 3 nitrogen and oxygen atoms in total. The van der Waals surface area contributed by atoms with Crippen LogP contribution < -0.4 is 4.74 Å². The summed E-state index contributed by atoms with van der Waals surface area (Å²) < 4.78 is 7.17. The maximum Gasteiger partial charge on any atom is 0.228 e. The van der Waals surface area contributed by atoms with Crippen molar-refractivity contribution < 1.29 is 9.53 Å². The molecule has 0 bridgehead atoms. The topological polar surface area (TPSA) is 31.2 Å². The van der Waals surface area contributed by atoms with Crippen LogP contribution in [0.4, 0.5) is 0 Å². The van der Waals surface area contributed by atoms with Crippen LogP contribution in [0.5, 0.6) is 5.75 Å². The van der Waals surface area contributed by atoms with Gasteiger partial charge in [0.15, 0.2) is 0 Å². The molecule has 18 heavy (non-hydrogen) atoms. The molecule has 0 fully saturated rings. The number of carbonyl (C=O) groups excluding carboxylic acids is 1. The Labute approximate surface area is 106 Å². The van der Waals surface area contributed by atoms with Crippen LogP contribution in [0.25, 0.3) is 10.9 Å². The van der Waals surface area contributed by atoms with Gasteiger partial charge in [0.1, 0.15) is 5.75 Å². The molecule has 1 aliphatic rings. The first kappa shape index (κ1) is 11.3. The lowest BCUT2D eigenvalue weighted by Gasteiger charge is -2.13. The molecule has 1 aromatic heterocycles. The van der Waals surface area contributed by atoms with Gasteiger partial charge in [-0.05, 0) is 49.4 Å². The van der Waals surface area contributed by atoms with Gasteiger partial charge in [0.2, 0.25) is 5.91 Å². The lowest BCUT2D eigenvalue weighted by atomic mass is 9.95. The third-order valence-corrected chi connectivity index (χ3v) is 3.79. The van der Waals surface area contributed by atoms with Crippen molar-refractivity contribution in [1.29, 1.82) is 0 Å². The molecule has 0 radical (unpaired) electrons. The highest BCUT2D eigenvalue weighted by molar-refractivity contribution is 5.96. The highest BCUT2D eigenvalue weighted by Crippen LogP contribution is 2.34. The van der Waals surface area contributed by atoms with Gasteiger partial charge < -0.3 is 4.74 Å². The number of ether oxygens (including phenoxy) is 1. The van der Waals surface area contributed by atoms with Gasteiger partial charge in [-0.15, -0.1) is 0 Å². The van der Waals surface area contributed by atoms with Crippen LogP contribution >= 0.6 is 0 Å². The van der Waals surface area contributed by atoms with Crippen molar-refractivity contribution in [3.8, 4) is 5.75 Å². The first-order valence-corrected chi connectivity index (χ1v) is 6.43. The zero-order valence-electron chi connectivity index (χ0n) is 10.8. The molecule has 1 aliphatic carbocycles. The number of nitrogens with zero attached hydrogens (tertiary/aromatic N) is 1. The Balaban J connectivity index is 2.36. The second-order valence-corrected chi connectivity index (χ2v) is 4.87. The van der Waals surface area contributed by atoms with E-state index in [1.807, 2.05) is 16.7 Å². The smallest absolute Gasteiger partial charge is 0.228 e. The maximum atomic E-state index is 11.9. The summed E-state index contributed by atoms with van der Waals surface area (Å²) in [6.45, 7) is 1.64. The first-order valence-electron chi connectivity index (χ1n) is 6.43. The number of hydrogen-bond acceptors (Lipinski definition) is 2. The molecule has 1 aromatic carbocycles. The number of carbonyl (C=O) groups is 1. The van der Waals surface area contributed by atoms with Crippen molar-refractivity contribution in [2.24, 2.45) is 0 Å². The van der Waals surface area contributed by atoms with E-state index >= 15 is 0 Å². The fourth-order valence-corrected chi connectivity index (χ4v) is 3.01. The van der Waals surface area contributed by atoms with Gasteiger partial charge in [0.25, 0.3) is 0 Å². The zero-order valence-corrected chi connectivity index (χ0v) is 10.8. The largest absolute Gasteiger partial charge is 0.497 e. The fraction of sp³-hybridized carbons (Fsp3) is 0.400. The fourth-order valence-electron chi connectivity index (χ4n) is 3.01. The number of methoxy groups -OCH3 is 1. The van der Waals surface area contributed by atoms with Crippen LogP contribution in [0.3, 0.4) is 0 Å². The summed E-state index contributed by atoms with van der Waals surface area (Å²) in [5, 5.41) is 1.18. The predicted molar refractivity (Wildman–Crippen MR) is 71.4 cm³/mol. The number of hydrogen-bond donors (Lipinski definition) is 0. The Morgan fingerprint density at radius 1 is 1.28 bits per heavy atom. The van der Waals surface area contributed by atoms with Crippen LogP contribution in [0.2, 0.25) is 0 Å². The highest BCUT2D eigenvalue weighted by atomic mass is 16.5. The Morgan fingerprint density at radius 3 is 2.78 bits per heavy atom. The van der Waals surface area contributed by atoms with Crippen LogP contribution in [0, 0.1) is 0 Å². The summed E-state index contributed by atoms with van der Waals surface area (Å²) in [5.74, 6) is 0.963. The number of benzene rings is 1. The quantitative estimate of drug-likeness (QED) is 0.770. The summed E-state index contributed by atoms with van der Waals surface area (Å²) in [7, 11) is 1.68. The molecule has 1 heterocycles. The van der Waals surface area contributed by atoms with E-state index in [-0.39, 0.29) is 5.91 Å². The minimum atomic E-state index is 0.105. The molecule has 0 aliphatic heterocycles. The summed E-state index contributed by atoms with van der Waals surface area (Å²) in [4.78, 5) is 11.9. The number of aryl methyl sites for hydroxylation is 1. The average molecular weight is 243 g/mol. The van der Waals surface area contributed by atoms with Crippen LogP contribution in [-0.4, -0.2) is 17.6 Å². The molecule has 0 spiro atoms. The average Bonchev–Trinajstić information content (AvgIpc) is 2.72. The van der Waals surface area contributed by atoms with E-state index < -0.39 is 0 Å². The van der Waals surface area contributed by atoms with Gasteiger partial charge >= 0.3 is 0 Å². The zero-order chi connectivity index (χ0) is 12.7. The lowest BCUT2D eigenvalue weighted by Crippen LogP contribution is -2.12. The van der Waals surface area contributed by atoms with Crippen molar-refractivity contribution in [1.82, 2.24) is 4.57 Å². The molecule has 0 saturated heterocycles. The molecule has 3 heteroatoms. The SMILES string of the molecule is COc1ccc2c(c1)c1c(n2C(C)=O)CCCC1. The molecule has 0 unspecified atom stereocenters. The predicted octanol–water partition coefficient (Wildman–Crippen LogP) is 3.19. The Bertz CT molecular complexity index is 625.